The molecule has 3 heteroatoms. The molecular weight excluding hydrogens is 115 g/mol. The van der Waals surface area contributed by atoms with E-state index in [9.17, 15) is 0 Å². The molecule has 0 saturated carbocycles. The SMILES string of the molecule is [K+].[c-]1ccncn1. The summed E-state index contributed by atoms with van der Waals surface area (Å²) in [7, 11) is 0. The van der Waals surface area contributed by atoms with Crippen molar-refractivity contribution in [3.05, 3.63) is 24.8 Å². The molecule has 0 atom stereocenters. The molecule has 0 aliphatic carbocycles. The molecular formula is C4H3KN2. The molecule has 1 aromatic heterocycles. The fraction of sp³-hybridized carbons (Fsp3) is 0. The van der Waals surface area contributed by atoms with Crippen molar-refractivity contribution in [1.82, 2.24) is 9.97 Å². The molecule has 0 amide bonds. The molecule has 0 bridgehead atoms. The van der Waals surface area contributed by atoms with Crippen molar-refractivity contribution in [3.8, 4) is 0 Å². The number of aromatic nitrogens is 2. The van der Waals surface area contributed by atoms with Gasteiger partial charge in [-0.15, -0.1) is 6.07 Å². The number of nitrogens with zero attached hydrogens (tertiary/aromatic N) is 2. The smallest absolute Gasteiger partial charge is 0.376 e. The Bertz CT molecular complexity index is 81.6. The van der Waals surface area contributed by atoms with E-state index in [0.717, 1.165) is 0 Å². The number of hydrogen-bond acceptors (Lipinski definition) is 2. The molecule has 0 aliphatic heterocycles. The van der Waals surface area contributed by atoms with E-state index in [4.69, 9.17) is 0 Å². The van der Waals surface area contributed by atoms with Gasteiger partial charge >= 0.3 is 51.4 Å². The Labute approximate surface area is 84.8 Å². The quantitative estimate of drug-likeness (QED) is 0.273. The maximum atomic E-state index is 3.64. The van der Waals surface area contributed by atoms with Crippen LogP contribution in [0, 0.1) is 6.20 Å². The third kappa shape index (κ3) is 3.31. The monoisotopic (exact) mass is 118 g/mol. The molecule has 2 nitrogen and oxygen atoms in total. The van der Waals surface area contributed by atoms with Gasteiger partial charge in [-0.05, 0) is 6.33 Å². The fourth-order valence-corrected chi connectivity index (χ4v) is 0.225. The Morgan fingerprint density at radius 2 is 2.29 bits per heavy atom. The normalized spacial score (nSPS) is 6.86. The van der Waals surface area contributed by atoms with E-state index in [1.54, 1.807) is 12.3 Å². The second-order valence-corrected chi connectivity index (χ2v) is 0.838. The van der Waals surface area contributed by atoms with E-state index in [1.165, 1.54) is 6.33 Å². The van der Waals surface area contributed by atoms with Gasteiger partial charge in [0.15, 0.2) is 0 Å². The van der Waals surface area contributed by atoms with Crippen LogP contribution in [0.5, 0.6) is 0 Å². The van der Waals surface area contributed by atoms with E-state index in [-0.39, 0.29) is 51.4 Å². The van der Waals surface area contributed by atoms with Crippen molar-refractivity contribution in [2.24, 2.45) is 0 Å². The summed E-state index contributed by atoms with van der Waals surface area (Å²) in [6.07, 6.45) is 5.66. The van der Waals surface area contributed by atoms with E-state index in [0.29, 0.717) is 0 Å². The van der Waals surface area contributed by atoms with Crippen LogP contribution in [0.25, 0.3) is 0 Å². The van der Waals surface area contributed by atoms with Crippen LogP contribution in [-0.2, 0) is 0 Å². The Morgan fingerprint density at radius 1 is 1.43 bits per heavy atom. The third-order valence-corrected chi connectivity index (χ3v) is 0.434. The largest absolute Gasteiger partial charge is 1.00 e. The van der Waals surface area contributed by atoms with Crippen LogP contribution in [0.2, 0.25) is 0 Å². The molecule has 30 valence electrons. The molecule has 7 heavy (non-hydrogen) atoms. The van der Waals surface area contributed by atoms with Gasteiger partial charge in [0.05, 0.1) is 0 Å². The van der Waals surface area contributed by atoms with Crippen LogP contribution in [0.3, 0.4) is 0 Å². The average Bonchev–Trinajstić information content (AvgIpc) is 1.72. The minimum atomic E-state index is 0. The molecule has 0 spiro atoms. The minimum absolute atomic E-state index is 0. The van der Waals surface area contributed by atoms with E-state index in [1.807, 2.05) is 0 Å². The first-order valence-electron chi connectivity index (χ1n) is 1.62. The van der Waals surface area contributed by atoms with Gasteiger partial charge in [-0.1, -0.05) is 12.4 Å². The summed E-state index contributed by atoms with van der Waals surface area (Å²) in [6.45, 7) is 0. The topological polar surface area (TPSA) is 25.8 Å². The molecule has 0 unspecified atom stereocenters. The van der Waals surface area contributed by atoms with Gasteiger partial charge in [0.25, 0.3) is 0 Å². The summed E-state index contributed by atoms with van der Waals surface area (Å²) >= 11 is 0. The van der Waals surface area contributed by atoms with E-state index >= 15 is 0 Å². The van der Waals surface area contributed by atoms with Crippen molar-refractivity contribution in [2.75, 3.05) is 0 Å². The minimum Gasteiger partial charge on any atom is -0.376 e. The van der Waals surface area contributed by atoms with Gasteiger partial charge < -0.3 is 9.97 Å². The van der Waals surface area contributed by atoms with Crippen molar-refractivity contribution < 1.29 is 51.4 Å². The zero-order valence-electron chi connectivity index (χ0n) is 4.13. The second-order valence-electron chi connectivity index (χ2n) is 0.838. The van der Waals surface area contributed by atoms with Gasteiger partial charge in [0, 0.05) is 0 Å². The van der Waals surface area contributed by atoms with Crippen LogP contribution in [0.15, 0.2) is 18.6 Å². The van der Waals surface area contributed by atoms with Crippen LogP contribution < -0.4 is 51.4 Å². The van der Waals surface area contributed by atoms with Crippen molar-refractivity contribution in [3.63, 3.8) is 0 Å². The van der Waals surface area contributed by atoms with Gasteiger partial charge in [-0.3, -0.25) is 0 Å². The summed E-state index contributed by atoms with van der Waals surface area (Å²) < 4.78 is 0. The van der Waals surface area contributed by atoms with Crippen molar-refractivity contribution >= 4 is 0 Å². The molecule has 1 aromatic rings. The Hall–Kier alpha value is 0.716. The van der Waals surface area contributed by atoms with Crippen LogP contribution in [0.4, 0.5) is 0 Å². The Kier molecular flexibility index (Phi) is 5.36. The van der Waals surface area contributed by atoms with E-state index in [2.05, 4.69) is 16.2 Å². The number of rotatable bonds is 0. The van der Waals surface area contributed by atoms with Crippen LogP contribution in [-0.4, -0.2) is 9.97 Å². The summed E-state index contributed by atoms with van der Waals surface area (Å²) in [5, 5.41) is 0. The zero-order valence-corrected chi connectivity index (χ0v) is 7.25. The van der Waals surface area contributed by atoms with Gasteiger partial charge in [-0.2, -0.15) is 0 Å². The molecule has 0 fully saturated rings. The molecule has 0 N–H and O–H groups in total. The number of hydrogen-bond donors (Lipinski definition) is 0. The maximum absolute atomic E-state index is 3.64. The first-order chi connectivity index (χ1) is 3.00. The molecule has 1 rings (SSSR count). The predicted octanol–water partition coefficient (Wildman–Crippen LogP) is -2.72. The Balaban J connectivity index is 0.000000360. The van der Waals surface area contributed by atoms with Gasteiger partial charge in [0.1, 0.15) is 0 Å². The molecule has 0 aliphatic rings. The summed E-state index contributed by atoms with van der Waals surface area (Å²) in [5.74, 6) is 0. The summed E-state index contributed by atoms with van der Waals surface area (Å²) in [6, 6.07) is 1.65. The summed E-state index contributed by atoms with van der Waals surface area (Å²) in [5.41, 5.74) is 0. The molecule has 0 saturated heterocycles. The average molecular weight is 118 g/mol. The fourth-order valence-electron chi connectivity index (χ4n) is 0.225. The third-order valence-electron chi connectivity index (χ3n) is 0.434. The predicted molar refractivity (Wildman–Crippen MR) is 20.9 cm³/mol. The van der Waals surface area contributed by atoms with Gasteiger partial charge in [0.2, 0.25) is 0 Å². The first kappa shape index (κ1) is 7.72. The van der Waals surface area contributed by atoms with Crippen LogP contribution >= 0.6 is 0 Å². The second kappa shape index (κ2) is 4.87. The maximum Gasteiger partial charge on any atom is 1.00 e. The van der Waals surface area contributed by atoms with Crippen LogP contribution in [0.1, 0.15) is 0 Å². The van der Waals surface area contributed by atoms with E-state index < -0.39 is 0 Å². The Morgan fingerprint density at radius 3 is 2.43 bits per heavy atom. The molecule has 0 aromatic carbocycles. The van der Waals surface area contributed by atoms with Crippen molar-refractivity contribution in [2.45, 2.75) is 0 Å². The molecule has 0 radical (unpaired) electrons. The molecule has 1 heterocycles. The summed E-state index contributed by atoms with van der Waals surface area (Å²) in [4.78, 5) is 7.19. The first-order valence-corrected chi connectivity index (χ1v) is 1.62. The standard InChI is InChI=1S/C4H3N2.K/c1-2-5-4-6-3-1;/h1-2,4H;/q-1;+1. The zero-order chi connectivity index (χ0) is 4.24. The van der Waals surface area contributed by atoms with Crippen molar-refractivity contribution in [1.29, 1.82) is 0 Å². The van der Waals surface area contributed by atoms with Gasteiger partial charge in [-0.25, -0.2) is 0 Å².